The lowest BCUT2D eigenvalue weighted by atomic mass is 10.2. The molecule has 168 valence electrons. The van der Waals surface area contributed by atoms with E-state index in [1.54, 1.807) is 7.11 Å². The fourth-order valence-electron chi connectivity index (χ4n) is 2.67. The Kier molecular flexibility index (Phi) is 16.3. The maximum absolute atomic E-state index is 12.2. The van der Waals surface area contributed by atoms with E-state index < -0.39 is 9.84 Å². The number of hydrogen-bond donors (Lipinski definition) is 2. The summed E-state index contributed by atoms with van der Waals surface area (Å²) >= 11 is 0. The molecule has 0 saturated carbocycles. The molecular formula is C20H37IN4O3S. The molecule has 1 aromatic carbocycles. The fourth-order valence-corrected chi connectivity index (χ4v) is 4.09. The number of hydrogen-bond acceptors (Lipinski definition) is 5. The first-order valence-electron chi connectivity index (χ1n) is 9.91. The summed E-state index contributed by atoms with van der Waals surface area (Å²) in [5, 5.41) is 6.49. The van der Waals surface area contributed by atoms with Crippen molar-refractivity contribution in [2.45, 2.75) is 25.5 Å². The van der Waals surface area contributed by atoms with Crippen molar-refractivity contribution in [2.24, 2.45) is 4.99 Å². The van der Waals surface area contributed by atoms with Crippen LogP contribution in [0.3, 0.4) is 0 Å². The van der Waals surface area contributed by atoms with Crippen molar-refractivity contribution in [3.63, 3.8) is 0 Å². The van der Waals surface area contributed by atoms with Gasteiger partial charge < -0.3 is 20.3 Å². The van der Waals surface area contributed by atoms with Gasteiger partial charge >= 0.3 is 0 Å². The topological polar surface area (TPSA) is 83.0 Å². The molecule has 1 rings (SSSR count). The van der Waals surface area contributed by atoms with E-state index in [9.17, 15) is 8.42 Å². The van der Waals surface area contributed by atoms with Gasteiger partial charge in [0.2, 0.25) is 0 Å². The number of sulfone groups is 1. The Morgan fingerprint density at radius 1 is 1.14 bits per heavy atom. The van der Waals surface area contributed by atoms with E-state index in [0.717, 1.165) is 50.7 Å². The highest BCUT2D eigenvalue weighted by Crippen LogP contribution is 2.07. The molecule has 9 heteroatoms. The van der Waals surface area contributed by atoms with Crippen LogP contribution in [0, 0.1) is 0 Å². The van der Waals surface area contributed by atoms with Gasteiger partial charge in [-0.15, -0.1) is 24.0 Å². The van der Waals surface area contributed by atoms with Crippen LogP contribution in [0.25, 0.3) is 0 Å². The van der Waals surface area contributed by atoms with Crippen molar-refractivity contribution in [1.29, 1.82) is 0 Å². The molecule has 0 radical (unpaired) electrons. The monoisotopic (exact) mass is 540 g/mol. The molecule has 0 aliphatic carbocycles. The number of likely N-dealkylation sites (N-methyl/N-ethyl adjacent to an activating group) is 1. The SMILES string of the molecule is CCNC(=NCCCS(=O)(=O)Cc1ccccc1)NCCN(C)CCCOC.I. The van der Waals surface area contributed by atoms with Crippen LogP contribution in [0.5, 0.6) is 0 Å². The molecule has 0 aromatic heterocycles. The molecule has 0 atom stereocenters. The van der Waals surface area contributed by atoms with Gasteiger partial charge in [-0.2, -0.15) is 0 Å². The van der Waals surface area contributed by atoms with Gasteiger partial charge in [-0.3, -0.25) is 4.99 Å². The minimum atomic E-state index is -3.11. The zero-order chi connectivity index (χ0) is 20.7. The van der Waals surface area contributed by atoms with E-state index >= 15 is 0 Å². The minimum Gasteiger partial charge on any atom is -0.385 e. The number of guanidine groups is 1. The maximum atomic E-state index is 12.2. The Hall–Kier alpha value is -0.910. The van der Waals surface area contributed by atoms with E-state index in [2.05, 4.69) is 27.6 Å². The van der Waals surface area contributed by atoms with Crippen molar-refractivity contribution >= 4 is 39.8 Å². The Morgan fingerprint density at radius 3 is 2.52 bits per heavy atom. The van der Waals surface area contributed by atoms with Gasteiger partial charge in [0.05, 0.1) is 11.5 Å². The summed E-state index contributed by atoms with van der Waals surface area (Å²) in [7, 11) is 0.687. The third-order valence-corrected chi connectivity index (χ3v) is 5.82. The van der Waals surface area contributed by atoms with Gasteiger partial charge in [-0.05, 0) is 32.4 Å². The number of benzene rings is 1. The van der Waals surface area contributed by atoms with Crippen molar-refractivity contribution in [2.75, 3.05) is 59.2 Å². The maximum Gasteiger partial charge on any atom is 0.191 e. The van der Waals surface area contributed by atoms with Gasteiger partial charge in [0.1, 0.15) is 0 Å². The number of aliphatic imine (C=N–C) groups is 1. The summed E-state index contributed by atoms with van der Waals surface area (Å²) in [6.45, 7) is 6.70. The van der Waals surface area contributed by atoms with Crippen LogP contribution in [0.2, 0.25) is 0 Å². The van der Waals surface area contributed by atoms with E-state index in [4.69, 9.17) is 4.74 Å². The van der Waals surface area contributed by atoms with Gasteiger partial charge in [0.25, 0.3) is 0 Å². The highest BCUT2D eigenvalue weighted by Gasteiger charge is 2.11. The molecule has 2 N–H and O–H groups in total. The minimum absolute atomic E-state index is 0. The van der Waals surface area contributed by atoms with Crippen LogP contribution >= 0.6 is 24.0 Å². The van der Waals surface area contributed by atoms with Crippen molar-refractivity contribution < 1.29 is 13.2 Å². The summed E-state index contributed by atoms with van der Waals surface area (Å²) in [5.41, 5.74) is 0.829. The Labute approximate surface area is 193 Å². The zero-order valence-corrected chi connectivity index (χ0v) is 21.0. The second-order valence-corrected chi connectivity index (χ2v) is 8.95. The molecule has 0 amide bonds. The molecule has 0 fully saturated rings. The van der Waals surface area contributed by atoms with E-state index in [1.165, 1.54) is 0 Å². The molecule has 0 unspecified atom stereocenters. The molecule has 0 spiro atoms. The Balaban J connectivity index is 0.00000784. The standard InChI is InChI=1S/C20H36N4O3S.HI/c1-4-21-20(23-13-15-24(2)14-9-16-27-3)22-12-8-17-28(25,26)18-19-10-6-5-7-11-19;/h5-7,10-11H,4,8-9,12-18H2,1-3H3,(H2,21,22,23);1H. The van der Waals surface area contributed by atoms with Crippen LogP contribution < -0.4 is 10.6 Å². The van der Waals surface area contributed by atoms with E-state index in [0.29, 0.717) is 13.0 Å². The van der Waals surface area contributed by atoms with E-state index in [1.807, 2.05) is 37.3 Å². The smallest absolute Gasteiger partial charge is 0.191 e. The molecule has 0 saturated heterocycles. The molecule has 1 aromatic rings. The van der Waals surface area contributed by atoms with Crippen molar-refractivity contribution in [1.82, 2.24) is 15.5 Å². The number of nitrogens with one attached hydrogen (secondary N) is 2. The Morgan fingerprint density at radius 2 is 1.86 bits per heavy atom. The third-order valence-electron chi connectivity index (χ3n) is 4.13. The van der Waals surface area contributed by atoms with Gasteiger partial charge in [0.15, 0.2) is 15.8 Å². The first-order chi connectivity index (χ1) is 13.5. The second kappa shape index (κ2) is 16.8. The summed E-state index contributed by atoms with van der Waals surface area (Å²) in [4.78, 5) is 6.73. The van der Waals surface area contributed by atoms with Crippen LogP contribution in [0.1, 0.15) is 25.3 Å². The van der Waals surface area contributed by atoms with Gasteiger partial charge in [-0.1, -0.05) is 30.3 Å². The number of methoxy groups -OCH3 is 1. The molecule has 0 aliphatic rings. The van der Waals surface area contributed by atoms with Crippen LogP contribution in [-0.4, -0.2) is 78.5 Å². The van der Waals surface area contributed by atoms with Gasteiger partial charge in [-0.25, -0.2) is 8.42 Å². The number of halogens is 1. The lowest BCUT2D eigenvalue weighted by molar-refractivity contribution is 0.180. The lowest BCUT2D eigenvalue weighted by Gasteiger charge is -2.18. The second-order valence-electron chi connectivity index (χ2n) is 6.77. The quantitative estimate of drug-likeness (QED) is 0.163. The first-order valence-corrected chi connectivity index (χ1v) is 11.7. The van der Waals surface area contributed by atoms with Crippen molar-refractivity contribution in [3.8, 4) is 0 Å². The largest absolute Gasteiger partial charge is 0.385 e. The molecule has 0 aliphatic heterocycles. The average molecular weight is 541 g/mol. The molecule has 29 heavy (non-hydrogen) atoms. The molecule has 7 nitrogen and oxygen atoms in total. The summed E-state index contributed by atoms with van der Waals surface area (Å²) in [6.07, 6.45) is 1.53. The average Bonchev–Trinajstić information content (AvgIpc) is 2.66. The first kappa shape index (κ1) is 28.1. The Bertz CT molecular complexity index is 657. The molecule has 0 heterocycles. The fraction of sp³-hybridized carbons (Fsp3) is 0.650. The van der Waals surface area contributed by atoms with Crippen LogP contribution in [0.15, 0.2) is 35.3 Å². The van der Waals surface area contributed by atoms with Crippen molar-refractivity contribution in [3.05, 3.63) is 35.9 Å². The lowest BCUT2D eigenvalue weighted by Crippen LogP contribution is -2.41. The summed E-state index contributed by atoms with van der Waals surface area (Å²) in [6, 6.07) is 9.29. The van der Waals surface area contributed by atoms with Gasteiger partial charge in [0, 0.05) is 46.4 Å². The van der Waals surface area contributed by atoms with Crippen LogP contribution in [0.4, 0.5) is 0 Å². The zero-order valence-electron chi connectivity index (χ0n) is 17.9. The van der Waals surface area contributed by atoms with E-state index in [-0.39, 0.29) is 35.5 Å². The number of rotatable bonds is 14. The molecule has 0 bridgehead atoms. The third kappa shape index (κ3) is 14.7. The predicted octanol–water partition coefficient (Wildman–Crippen LogP) is 2.13. The van der Waals surface area contributed by atoms with Crippen LogP contribution in [-0.2, 0) is 20.3 Å². The number of ether oxygens (including phenoxy) is 1. The highest BCUT2D eigenvalue weighted by atomic mass is 127. The molecular weight excluding hydrogens is 503 g/mol. The summed E-state index contributed by atoms with van der Waals surface area (Å²) in [5.74, 6) is 0.964. The normalized spacial score (nSPS) is 11.9. The predicted molar refractivity (Wildman–Crippen MR) is 132 cm³/mol. The number of nitrogens with zero attached hydrogens (tertiary/aromatic N) is 2. The highest BCUT2D eigenvalue weighted by molar-refractivity contribution is 14.0. The summed E-state index contributed by atoms with van der Waals surface area (Å²) < 4.78 is 29.5.